The summed E-state index contributed by atoms with van der Waals surface area (Å²) in [7, 11) is 0. The number of hydrogen-bond acceptors (Lipinski definition) is 2. The minimum Gasteiger partial charge on any atom is -0.271 e. The molecule has 1 aliphatic rings. The zero-order valence-electron chi connectivity index (χ0n) is 6.06. The molecule has 0 amide bonds. The van der Waals surface area contributed by atoms with Crippen LogP contribution in [-0.2, 0) is 0 Å². The van der Waals surface area contributed by atoms with Crippen molar-refractivity contribution in [3.05, 3.63) is 0 Å². The molecule has 0 spiro atoms. The fourth-order valence-electron chi connectivity index (χ4n) is 1.43. The average molecular weight is 128 g/mol. The number of nitrogens with one attached hydrogen (secondary N) is 1. The fourth-order valence-corrected chi connectivity index (χ4v) is 1.43. The molecule has 54 valence electrons. The Morgan fingerprint density at radius 2 is 2.33 bits per heavy atom. The van der Waals surface area contributed by atoms with Gasteiger partial charge in [-0.15, -0.1) is 0 Å². The Kier molecular flexibility index (Phi) is 2.49. The van der Waals surface area contributed by atoms with E-state index < -0.39 is 0 Å². The maximum absolute atomic E-state index is 5.34. The second-order valence-corrected chi connectivity index (χ2v) is 2.87. The number of nitrogens with two attached hydrogens (primary N) is 1. The fraction of sp³-hybridized carbons (Fsp3) is 1.00. The molecule has 0 aromatic rings. The number of hydrazine groups is 1. The molecule has 1 saturated carbocycles. The SMILES string of the molecule is CCC(NN)C1CCC1. The Morgan fingerprint density at radius 1 is 1.67 bits per heavy atom. The van der Waals surface area contributed by atoms with Gasteiger partial charge in [-0.05, 0) is 25.2 Å². The normalized spacial score (nSPS) is 23.3. The first-order valence-electron chi connectivity index (χ1n) is 3.84. The summed E-state index contributed by atoms with van der Waals surface area (Å²) in [6.45, 7) is 2.18. The number of rotatable bonds is 3. The van der Waals surface area contributed by atoms with Gasteiger partial charge in [0.15, 0.2) is 0 Å². The highest BCUT2D eigenvalue weighted by Crippen LogP contribution is 2.30. The second kappa shape index (κ2) is 3.18. The van der Waals surface area contributed by atoms with Crippen molar-refractivity contribution in [3.8, 4) is 0 Å². The molecule has 3 N–H and O–H groups in total. The summed E-state index contributed by atoms with van der Waals surface area (Å²) < 4.78 is 0. The first-order chi connectivity index (χ1) is 4.38. The molecule has 1 aliphatic carbocycles. The molecule has 1 rings (SSSR count). The molecule has 0 aromatic carbocycles. The van der Waals surface area contributed by atoms with E-state index in [1.807, 2.05) is 0 Å². The zero-order valence-corrected chi connectivity index (χ0v) is 6.06. The van der Waals surface area contributed by atoms with Gasteiger partial charge in [0.25, 0.3) is 0 Å². The third-order valence-electron chi connectivity index (χ3n) is 2.37. The van der Waals surface area contributed by atoms with Crippen LogP contribution in [0.5, 0.6) is 0 Å². The van der Waals surface area contributed by atoms with Crippen LogP contribution in [0.2, 0.25) is 0 Å². The van der Waals surface area contributed by atoms with Crippen LogP contribution in [0.15, 0.2) is 0 Å². The first kappa shape index (κ1) is 7.03. The third kappa shape index (κ3) is 1.43. The van der Waals surface area contributed by atoms with Crippen molar-refractivity contribution in [1.29, 1.82) is 0 Å². The quantitative estimate of drug-likeness (QED) is 0.440. The molecule has 0 radical (unpaired) electrons. The van der Waals surface area contributed by atoms with Gasteiger partial charge >= 0.3 is 0 Å². The molecule has 1 atom stereocenters. The lowest BCUT2D eigenvalue weighted by atomic mass is 9.79. The highest BCUT2D eigenvalue weighted by molar-refractivity contribution is 4.79. The Labute approximate surface area is 56.8 Å². The highest BCUT2D eigenvalue weighted by atomic mass is 15.2. The van der Waals surface area contributed by atoms with Gasteiger partial charge in [-0.2, -0.15) is 0 Å². The molecule has 1 unspecified atom stereocenters. The summed E-state index contributed by atoms with van der Waals surface area (Å²) in [6, 6.07) is 0.582. The summed E-state index contributed by atoms with van der Waals surface area (Å²) >= 11 is 0. The minimum absolute atomic E-state index is 0.582. The van der Waals surface area contributed by atoms with Gasteiger partial charge in [0.05, 0.1) is 0 Å². The first-order valence-corrected chi connectivity index (χ1v) is 3.84. The van der Waals surface area contributed by atoms with Gasteiger partial charge in [-0.1, -0.05) is 13.3 Å². The van der Waals surface area contributed by atoms with E-state index in [-0.39, 0.29) is 0 Å². The van der Waals surface area contributed by atoms with Crippen molar-refractivity contribution in [2.24, 2.45) is 11.8 Å². The van der Waals surface area contributed by atoms with Gasteiger partial charge in [0.2, 0.25) is 0 Å². The van der Waals surface area contributed by atoms with Crippen LogP contribution >= 0.6 is 0 Å². The summed E-state index contributed by atoms with van der Waals surface area (Å²) in [5.74, 6) is 6.22. The number of hydrogen-bond donors (Lipinski definition) is 2. The van der Waals surface area contributed by atoms with Crippen LogP contribution in [0.25, 0.3) is 0 Å². The zero-order chi connectivity index (χ0) is 6.69. The Balaban J connectivity index is 2.19. The molecule has 0 aliphatic heterocycles. The van der Waals surface area contributed by atoms with Crippen molar-refractivity contribution in [2.75, 3.05) is 0 Å². The van der Waals surface area contributed by atoms with E-state index >= 15 is 0 Å². The highest BCUT2D eigenvalue weighted by Gasteiger charge is 2.24. The monoisotopic (exact) mass is 128 g/mol. The van der Waals surface area contributed by atoms with Gasteiger partial charge in [-0.3, -0.25) is 11.3 Å². The molecule has 0 heterocycles. The smallest absolute Gasteiger partial charge is 0.0236 e. The molecule has 2 nitrogen and oxygen atoms in total. The molecule has 9 heavy (non-hydrogen) atoms. The van der Waals surface area contributed by atoms with Crippen LogP contribution < -0.4 is 11.3 Å². The van der Waals surface area contributed by atoms with Crippen molar-refractivity contribution < 1.29 is 0 Å². The van der Waals surface area contributed by atoms with Gasteiger partial charge in [-0.25, -0.2) is 0 Å². The Bertz CT molecular complexity index is 75.0. The maximum Gasteiger partial charge on any atom is 0.0236 e. The van der Waals surface area contributed by atoms with Crippen molar-refractivity contribution in [2.45, 2.75) is 38.6 Å². The maximum atomic E-state index is 5.34. The minimum atomic E-state index is 0.582. The van der Waals surface area contributed by atoms with Crippen molar-refractivity contribution in [1.82, 2.24) is 5.43 Å². The van der Waals surface area contributed by atoms with Crippen LogP contribution in [-0.4, -0.2) is 6.04 Å². The lowest BCUT2D eigenvalue weighted by molar-refractivity contribution is 0.225. The van der Waals surface area contributed by atoms with Crippen LogP contribution in [0.3, 0.4) is 0 Å². The van der Waals surface area contributed by atoms with E-state index in [4.69, 9.17) is 5.84 Å². The van der Waals surface area contributed by atoms with Gasteiger partial charge in [0.1, 0.15) is 0 Å². The molecule has 1 fully saturated rings. The molecule has 0 saturated heterocycles. The van der Waals surface area contributed by atoms with Gasteiger partial charge in [0, 0.05) is 6.04 Å². The van der Waals surface area contributed by atoms with Gasteiger partial charge < -0.3 is 0 Å². The average Bonchev–Trinajstić information content (AvgIpc) is 1.78. The summed E-state index contributed by atoms with van der Waals surface area (Å²) in [6.07, 6.45) is 5.33. The van der Waals surface area contributed by atoms with E-state index in [9.17, 15) is 0 Å². The van der Waals surface area contributed by atoms with Crippen molar-refractivity contribution >= 4 is 0 Å². The topological polar surface area (TPSA) is 38.0 Å². The lowest BCUT2D eigenvalue weighted by Gasteiger charge is -2.32. The van der Waals surface area contributed by atoms with Crippen molar-refractivity contribution in [3.63, 3.8) is 0 Å². The van der Waals surface area contributed by atoms with Crippen LogP contribution in [0.1, 0.15) is 32.6 Å². The van der Waals surface area contributed by atoms with E-state index in [0.717, 1.165) is 5.92 Å². The van der Waals surface area contributed by atoms with E-state index in [0.29, 0.717) is 6.04 Å². The largest absolute Gasteiger partial charge is 0.271 e. The van der Waals surface area contributed by atoms with E-state index in [1.165, 1.54) is 25.7 Å². The third-order valence-corrected chi connectivity index (χ3v) is 2.37. The van der Waals surface area contributed by atoms with Crippen LogP contribution in [0, 0.1) is 5.92 Å². The summed E-state index contributed by atoms with van der Waals surface area (Å²) in [5.41, 5.74) is 2.85. The van der Waals surface area contributed by atoms with E-state index in [2.05, 4.69) is 12.3 Å². The summed E-state index contributed by atoms with van der Waals surface area (Å²) in [4.78, 5) is 0. The predicted octanol–water partition coefficient (Wildman–Crippen LogP) is 1.03. The predicted molar refractivity (Wildman–Crippen MR) is 38.7 cm³/mol. The molecular weight excluding hydrogens is 112 g/mol. The second-order valence-electron chi connectivity index (χ2n) is 2.87. The molecule has 2 heteroatoms. The Morgan fingerprint density at radius 3 is 2.44 bits per heavy atom. The lowest BCUT2D eigenvalue weighted by Crippen LogP contribution is -2.42. The van der Waals surface area contributed by atoms with Crippen LogP contribution in [0.4, 0.5) is 0 Å². The summed E-state index contributed by atoms with van der Waals surface area (Å²) in [5, 5.41) is 0. The Hall–Kier alpha value is -0.0800. The molecular formula is C7H16N2. The van der Waals surface area contributed by atoms with E-state index in [1.54, 1.807) is 0 Å². The molecule has 0 bridgehead atoms. The standard InChI is InChI=1S/C7H16N2/c1-2-7(9-8)6-4-3-5-6/h6-7,9H,2-5,8H2,1H3. The molecule has 0 aromatic heterocycles.